The molecule has 0 fully saturated rings. The van der Waals surface area contributed by atoms with E-state index in [0.29, 0.717) is 5.56 Å². The van der Waals surface area contributed by atoms with Gasteiger partial charge in [-0.05, 0) is 19.9 Å². The van der Waals surface area contributed by atoms with Gasteiger partial charge in [0.25, 0.3) is 5.69 Å². The molecule has 0 bridgehead atoms. The van der Waals surface area contributed by atoms with Crippen LogP contribution in [0.1, 0.15) is 19.4 Å². The molecule has 0 saturated carbocycles. The molecule has 0 aliphatic rings. The Morgan fingerprint density at radius 2 is 2.07 bits per heavy atom. The minimum atomic E-state index is -0.460. The quantitative estimate of drug-likeness (QED) is 0.354. The number of amidine groups is 1. The maximum absolute atomic E-state index is 10.7. The molecule has 0 unspecified atom stereocenters. The zero-order valence-corrected chi connectivity index (χ0v) is 8.68. The second-order valence-electron chi connectivity index (χ2n) is 3.38. The molecule has 0 radical (unpaired) electrons. The number of hydrogen-bond donors (Lipinski definition) is 1. The molecule has 1 rings (SSSR count). The van der Waals surface area contributed by atoms with Crippen LogP contribution >= 0.6 is 0 Å². The summed E-state index contributed by atoms with van der Waals surface area (Å²) in [5, 5.41) is 10.7. The van der Waals surface area contributed by atoms with Gasteiger partial charge >= 0.3 is 0 Å². The van der Waals surface area contributed by atoms with Gasteiger partial charge in [0.15, 0.2) is 0 Å². The van der Waals surface area contributed by atoms with E-state index in [1.807, 2.05) is 13.8 Å². The van der Waals surface area contributed by atoms with Gasteiger partial charge in [-0.3, -0.25) is 15.1 Å². The number of benzene rings is 1. The molecule has 0 aliphatic carbocycles. The van der Waals surface area contributed by atoms with Gasteiger partial charge in [-0.2, -0.15) is 0 Å². The average Bonchev–Trinajstić information content (AvgIpc) is 2.16. The van der Waals surface area contributed by atoms with Crippen LogP contribution in [0.2, 0.25) is 0 Å². The van der Waals surface area contributed by atoms with Gasteiger partial charge in [-0.15, -0.1) is 0 Å². The number of nitrogens with zero attached hydrogens (tertiary/aromatic N) is 2. The molecule has 0 amide bonds. The standard InChI is InChI=1S/C10H13N3O2/c1-7(2)12-10(11)8-5-3-4-6-9(8)13(14)15/h3-7H,1-2H3,(H2,11,12). The summed E-state index contributed by atoms with van der Waals surface area (Å²) in [6, 6.07) is 6.33. The number of hydrogen-bond acceptors (Lipinski definition) is 3. The summed E-state index contributed by atoms with van der Waals surface area (Å²) < 4.78 is 0. The van der Waals surface area contributed by atoms with Crippen LogP contribution < -0.4 is 5.73 Å². The summed E-state index contributed by atoms with van der Waals surface area (Å²) in [6.45, 7) is 3.73. The molecular weight excluding hydrogens is 194 g/mol. The third-order valence-electron chi connectivity index (χ3n) is 1.77. The molecule has 1 aromatic rings. The highest BCUT2D eigenvalue weighted by atomic mass is 16.6. The number of rotatable bonds is 3. The number of para-hydroxylation sites is 1. The fourth-order valence-electron chi connectivity index (χ4n) is 1.20. The first-order valence-corrected chi connectivity index (χ1v) is 4.59. The summed E-state index contributed by atoms with van der Waals surface area (Å²) in [5.41, 5.74) is 6.04. The lowest BCUT2D eigenvalue weighted by molar-refractivity contribution is -0.385. The summed E-state index contributed by atoms with van der Waals surface area (Å²) >= 11 is 0. The Labute approximate surface area is 87.8 Å². The van der Waals surface area contributed by atoms with Gasteiger partial charge in [0, 0.05) is 12.1 Å². The van der Waals surface area contributed by atoms with Crippen molar-refractivity contribution in [2.75, 3.05) is 0 Å². The first kappa shape index (κ1) is 11.2. The molecule has 2 N–H and O–H groups in total. The molecule has 5 heteroatoms. The lowest BCUT2D eigenvalue weighted by atomic mass is 10.1. The lowest BCUT2D eigenvalue weighted by Crippen LogP contribution is -2.17. The van der Waals surface area contributed by atoms with Crippen LogP contribution in [0, 0.1) is 10.1 Å². The van der Waals surface area contributed by atoms with E-state index in [-0.39, 0.29) is 17.6 Å². The smallest absolute Gasteiger partial charge is 0.280 e. The van der Waals surface area contributed by atoms with Crippen molar-refractivity contribution >= 4 is 11.5 Å². The minimum absolute atomic E-state index is 0.0144. The zero-order chi connectivity index (χ0) is 11.4. The van der Waals surface area contributed by atoms with Crippen LogP contribution in [-0.4, -0.2) is 16.8 Å². The fourth-order valence-corrected chi connectivity index (χ4v) is 1.20. The SMILES string of the molecule is CC(C)N=C(N)c1ccccc1[N+](=O)[O-]. The van der Waals surface area contributed by atoms with Crippen LogP contribution in [0.5, 0.6) is 0 Å². The topological polar surface area (TPSA) is 81.5 Å². The number of nitrogens with two attached hydrogens (primary N) is 1. The van der Waals surface area contributed by atoms with Gasteiger partial charge in [-0.1, -0.05) is 12.1 Å². The maximum Gasteiger partial charge on any atom is 0.280 e. The second kappa shape index (κ2) is 4.54. The van der Waals surface area contributed by atoms with Crippen molar-refractivity contribution in [1.29, 1.82) is 0 Å². The molecule has 0 heterocycles. The molecule has 5 nitrogen and oxygen atoms in total. The predicted octanol–water partition coefficient (Wildman–Crippen LogP) is 1.71. The average molecular weight is 207 g/mol. The van der Waals surface area contributed by atoms with Gasteiger partial charge in [0.1, 0.15) is 5.84 Å². The monoisotopic (exact) mass is 207 g/mol. The van der Waals surface area contributed by atoms with Crippen LogP contribution in [0.3, 0.4) is 0 Å². The lowest BCUT2D eigenvalue weighted by Gasteiger charge is -2.03. The van der Waals surface area contributed by atoms with Crippen molar-refractivity contribution in [1.82, 2.24) is 0 Å². The third-order valence-corrected chi connectivity index (χ3v) is 1.77. The zero-order valence-electron chi connectivity index (χ0n) is 8.68. The molecule has 0 aliphatic heterocycles. The molecule has 0 saturated heterocycles. The first-order chi connectivity index (χ1) is 7.02. The van der Waals surface area contributed by atoms with Crippen LogP contribution in [0.15, 0.2) is 29.3 Å². The number of nitro groups is 1. The van der Waals surface area contributed by atoms with Gasteiger partial charge in [0.2, 0.25) is 0 Å². The largest absolute Gasteiger partial charge is 0.383 e. The van der Waals surface area contributed by atoms with E-state index >= 15 is 0 Å². The van der Waals surface area contributed by atoms with Crippen molar-refractivity contribution < 1.29 is 4.92 Å². The minimum Gasteiger partial charge on any atom is -0.383 e. The van der Waals surface area contributed by atoms with Crippen LogP contribution in [0.4, 0.5) is 5.69 Å². The van der Waals surface area contributed by atoms with E-state index in [4.69, 9.17) is 5.73 Å². The number of aliphatic imine (C=N–C) groups is 1. The first-order valence-electron chi connectivity index (χ1n) is 4.59. The Bertz CT molecular complexity index is 399. The molecule has 1 aromatic carbocycles. The molecule has 0 spiro atoms. The highest BCUT2D eigenvalue weighted by Gasteiger charge is 2.15. The Hall–Kier alpha value is -1.91. The molecule has 0 atom stereocenters. The number of nitro benzene ring substituents is 1. The van der Waals surface area contributed by atoms with Gasteiger partial charge < -0.3 is 5.73 Å². The van der Waals surface area contributed by atoms with E-state index in [0.717, 1.165) is 0 Å². The predicted molar refractivity (Wildman–Crippen MR) is 59.0 cm³/mol. The second-order valence-corrected chi connectivity index (χ2v) is 3.38. The molecule has 80 valence electrons. The van der Waals surface area contributed by atoms with Crippen molar-refractivity contribution in [2.45, 2.75) is 19.9 Å². The van der Waals surface area contributed by atoms with E-state index in [2.05, 4.69) is 4.99 Å². The van der Waals surface area contributed by atoms with Crippen molar-refractivity contribution in [3.05, 3.63) is 39.9 Å². The summed E-state index contributed by atoms with van der Waals surface area (Å²) in [5.74, 6) is 0.206. The van der Waals surface area contributed by atoms with Gasteiger partial charge in [0.05, 0.1) is 10.5 Å². The Kier molecular flexibility index (Phi) is 3.38. The highest BCUT2D eigenvalue weighted by molar-refractivity contribution is 6.01. The maximum atomic E-state index is 10.7. The van der Waals surface area contributed by atoms with E-state index in [1.165, 1.54) is 6.07 Å². The van der Waals surface area contributed by atoms with Crippen LogP contribution in [-0.2, 0) is 0 Å². The Morgan fingerprint density at radius 1 is 1.47 bits per heavy atom. The van der Waals surface area contributed by atoms with Crippen molar-refractivity contribution in [3.8, 4) is 0 Å². The highest BCUT2D eigenvalue weighted by Crippen LogP contribution is 2.17. The normalized spacial score (nSPS) is 11.8. The van der Waals surface area contributed by atoms with E-state index in [9.17, 15) is 10.1 Å². The Balaban J connectivity index is 3.19. The van der Waals surface area contributed by atoms with E-state index < -0.39 is 4.92 Å². The summed E-state index contributed by atoms with van der Waals surface area (Å²) in [6.07, 6.45) is 0. The molecule has 0 aromatic heterocycles. The summed E-state index contributed by atoms with van der Waals surface area (Å²) in [7, 11) is 0. The van der Waals surface area contributed by atoms with E-state index in [1.54, 1.807) is 18.2 Å². The van der Waals surface area contributed by atoms with Crippen molar-refractivity contribution in [3.63, 3.8) is 0 Å². The third kappa shape index (κ3) is 2.77. The summed E-state index contributed by atoms with van der Waals surface area (Å²) in [4.78, 5) is 14.3. The molecule has 15 heavy (non-hydrogen) atoms. The van der Waals surface area contributed by atoms with Crippen LogP contribution in [0.25, 0.3) is 0 Å². The fraction of sp³-hybridized carbons (Fsp3) is 0.300. The Morgan fingerprint density at radius 3 is 2.60 bits per heavy atom. The van der Waals surface area contributed by atoms with Crippen molar-refractivity contribution in [2.24, 2.45) is 10.7 Å². The van der Waals surface area contributed by atoms with Gasteiger partial charge in [-0.25, -0.2) is 0 Å². The molecular formula is C10H13N3O2.